The zero-order chi connectivity index (χ0) is 22.5. The zero-order valence-corrected chi connectivity index (χ0v) is 18.9. The first-order valence-corrected chi connectivity index (χ1v) is 10.6. The molecule has 4 aromatic rings. The normalized spacial score (nSPS) is 11.0. The van der Waals surface area contributed by atoms with Crippen molar-refractivity contribution in [3.63, 3.8) is 0 Å². The fourth-order valence-corrected chi connectivity index (χ4v) is 3.51. The van der Waals surface area contributed by atoms with E-state index in [4.69, 9.17) is 13.9 Å². The summed E-state index contributed by atoms with van der Waals surface area (Å²) in [6.07, 6.45) is 4.00. The van der Waals surface area contributed by atoms with E-state index in [1.54, 1.807) is 14.2 Å². The lowest BCUT2D eigenvalue weighted by Crippen LogP contribution is -1.90. The number of hydrogen-bond acceptors (Lipinski definition) is 2. The molecule has 0 saturated carbocycles. The Morgan fingerprint density at radius 3 is 1.84 bits per heavy atom. The minimum absolute atomic E-state index is 0.695. The third-order valence-electron chi connectivity index (χ3n) is 5.38. The maximum Gasteiger partial charge on any atom is 0.361 e. The summed E-state index contributed by atoms with van der Waals surface area (Å²) < 4.78 is 17.0. The lowest BCUT2D eigenvalue weighted by molar-refractivity contribution is 0.355. The summed E-state index contributed by atoms with van der Waals surface area (Å²) in [6, 6.07) is 26.9. The molecule has 32 heavy (non-hydrogen) atoms. The molecule has 1 heterocycles. The van der Waals surface area contributed by atoms with Crippen molar-refractivity contribution in [3.8, 4) is 33.9 Å². The molecule has 0 N–H and O–H groups in total. The first-order chi connectivity index (χ1) is 15.6. The maximum absolute atomic E-state index is 6.27. The molecule has 160 valence electrons. The Kier molecular flexibility index (Phi) is 6.37. The fraction of sp³-hybridized carbons (Fsp3) is 0.138. The van der Waals surface area contributed by atoms with Crippen LogP contribution in [0.2, 0.25) is 0 Å². The van der Waals surface area contributed by atoms with E-state index in [-0.39, 0.29) is 0 Å². The molecule has 3 heteroatoms. The van der Waals surface area contributed by atoms with E-state index in [2.05, 4.69) is 74.5 Å². The monoisotopic (exact) mass is 423 g/mol. The molecule has 0 saturated heterocycles. The van der Waals surface area contributed by atoms with Gasteiger partial charge in [-0.1, -0.05) is 53.6 Å². The van der Waals surface area contributed by atoms with Crippen molar-refractivity contribution in [2.45, 2.75) is 13.8 Å². The van der Waals surface area contributed by atoms with Crippen LogP contribution in [0.4, 0.5) is 0 Å². The highest BCUT2D eigenvalue weighted by atomic mass is 16.5. The number of hydrogen-bond donors (Lipinski definition) is 0. The molecule has 0 spiro atoms. The number of benzene rings is 3. The van der Waals surface area contributed by atoms with Crippen molar-refractivity contribution < 1.29 is 13.9 Å². The van der Waals surface area contributed by atoms with Crippen LogP contribution in [-0.4, -0.2) is 14.2 Å². The van der Waals surface area contributed by atoms with Crippen LogP contribution in [0.3, 0.4) is 0 Å². The second-order valence-electron chi connectivity index (χ2n) is 7.79. The molecule has 1 aromatic heterocycles. The van der Waals surface area contributed by atoms with Gasteiger partial charge in [0.25, 0.3) is 0 Å². The summed E-state index contributed by atoms with van der Waals surface area (Å²) in [7, 11) is 3.27. The van der Waals surface area contributed by atoms with Gasteiger partial charge >= 0.3 is 11.5 Å². The highest BCUT2D eigenvalue weighted by Crippen LogP contribution is 2.31. The molecule has 0 aliphatic rings. The number of methoxy groups -OCH3 is 2. The summed E-state index contributed by atoms with van der Waals surface area (Å²) in [5, 5.41) is 0. The van der Waals surface area contributed by atoms with Gasteiger partial charge in [0.2, 0.25) is 0 Å². The Morgan fingerprint density at radius 1 is 0.594 bits per heavy atom. The first-order valence-electron chi connectivity index (χ1n) is 10.6. The number of rotatable bonds is 6. The van der Waals surface area contributed by atoms with Crippen molar-refractivity contribution in [3.05, 3.63) is 101 Å². The molecule has 4 rings (SSSR count). The number of ether oxygens (including phenoxy) is 2. The van der Waals surface area contributed by atoms with Gasteiger partial charge in [0.1, 0.15) is 0 Å². The highest BCUT2D eigenvalue weighted by Gasteiger charge is 2.17. The lowest BCUT2D eigenvalue weighted by atomic mass is 10.0. The van der Waals surface area contributed by atoms with Gasteiger partial charge < -0.3 is 9.47 Å². The van der Waals surface area contributed by atoms with Gasteiger partial charge in [0.05, 0.1) is 31.9 Å². The Morgan fingerprint density at radius 2 is 1.22 bits per heavy atom. The van der Waals surface area contributed by atoms with Gasteiger partial charge in [-0.3, -0.25) is 0 Å². The van der Waals surface area contributed by atoms with Gasteiger partial charge in [-0.15, -0.1) is 0 Å². The van der Waals surface area contributed by atoms with Crippen molar-refractivity contribution in [1.29, 1.82) is 0 Å². The molecule has 0 aliphatic heterocycles. The Hall–Kier alpha value is -3.85. The van der Waals surface area contributed by atoms with Crippen LogP contribution in [0.15, 0.2) is 83.3 Å². The van der Waals surface area contributed by atoms with Crippen LogP contribution in [0.1, 0.15) is 22.5 Å². The second-order valence-corrected chi connectivity index (χ2v) is 7.79. The largest absolute Gasteiger partial charge is 0.493 e. The van der Waals surface area contributed by atoms with E-state index in [0.717, 1.165) is 33.8 Å². The second kappa shape index (κ2) is 9.52. The lowest BCUT2D eigenvalue weighted by Gasteiger charge is -2.07. The average Bonchev–Trinajstić information content (AvgIpc) is 2.83. The zero-order valence-electron chi connectivity index (χ0n) is 18.9. The topological polar surface area (TPSA) is 29.8 Å². The Balaban J connectivity index is 1.76. The van der Waals surface area contributed by atoms with Gasteiger partial charge in [0, 0.05) is 11.6 Å². The van der Waals surface area contributed by atoms with Gasteiger partial charge in [-0.05, 0) is 55.3 Å². The molecule has 3 nitrogen and oxygen atoms in total. The smallest absolute Gasteiger partial charge is 0.361 e. The third kappa shape index (κ3) is 4.89. The fourth-order valence-electron chi connectivity index (χ4n) is 3.51. The minimum Gasteiger partial charge on any atom is -0.493 e. The van der Waals surface area contributed by atoms with E-state index in [1.165, 1.54) is 11.1 Å². The highest BCUT2D eigenvalue weighted by molar-refractivity contribution is 5.75. The predicted octanol–water partition coefficient (Wildman–Crippen LogP) is 7.70. The summed E-state index contributed by atoms with van der Waals surface area (Å²) in [6.45, 7) is 4.18. The maximum atomic E-state index is 6.27. The van der Waals surface area contributed by atoms with Crippen molar-refractivity contribution in [2.24, 2.45) is 0 Å². The van der Waals surface area contributed by atoms with Crippen LogP contribution >= 0.6 is 0 Å². The molecule has 0 aliphatic carbocycles. The minimum atomic E-state index is 0.695. The van der Waals surface area contributed by atoms with E-state index >= 15 is 0 Å². The Labute approximate surface area is 189 Å². The van der Waals surface area contributed by atoms with Crippen LogP contribution in [-0.2, 0) is 0 Å². The van der Waals surface area contributed by atoms with Crippen LogP contribution in [0, 0.1) is 13.8 Å². The Bertz CT molecular complexity index is 1170. The van der Waals surface area contributed by atoms with E-state index in [9.17, 15) is 0 Å². The molecule has 0 amide bonds. The van der Waals surface area contributed by atoms with Gasteiger partial charge in [-0.25, -0.2) is 4.42 Å². The molecule has 0 bridgehead atoms. The molecule has 0 fully saturated rings. The molecule has 0 unspecified atom stereocenters. The van der Waals surface area contributed by atoms with Crippen LogP contribution in [0.5, 0.6) is 11.5 Å². The quantitative estimate of drug-likeness (QED) is 0.298. The van der Waals surface area contributed by atoms with E-state index in [0.29, 0.717) is 11.5 Å². The summed E-state index contributed by atoms with van der Waals surface area (Å²) in [4.78, 5) is 0. The SMILES string of the molecule is COc1ccc(C=Cc2cc(-c3ccc(C)cc3)cc(-c3ccc(C)cc3)[o+]2)cc1OC. The van der Waals surface area contributed by atoms with E-state index < -0.39 is 0 Å². The average molecular weight is 424 g/mol. The van der Waals surface area contributed by atoms with Crippen molar-refractivity contribution >= 4 is 12.2 Å². The standard InChI is InChI=1S/C29H27O3/c1-20-5-11-23(12-6-20)25-18-26(32-28(19-25)24-13-7-21(2)8-14-24)15-9-22-10-16-27(30-3)29(17-22)31-4/h5-19H,1-4H3/q+1. The van der Waals surface area contributed by atoms with Crippen molar-refractivity contribution in [1.82, 2.24) is 0 Å². The summed E-state index contributed by atoms with van der Waals surface area (Å²) >= 11 is 0. The van der Waals surface area contributed by atoms with E-state index in [1.807, 2.05) is 30.4 Å². The molecule has 0 atom stereocenters. The van der Waals surface area contributed by atoms with Crippen LogP contribution in [0.25, 0.3) is 34.6 Å². The third-order valence-corrected chi connectivity index (χ3v) is 5.38. The van der Waals surface area contributed by atoms with Crippen molar-refractivity contribution in [2.75, 3.05) is 14.2 Å². The first kappa shape index (κ1) is 21.4. The molecule has 0 radical (unpaired) electrons. The molecular weight excluding hydrogens is 396 g/mol. The van der Waals surface area contributed by atoms with Gasteiger partial charge in [-0.2, -0.15) is 0 Å². The van der Waals surface area contributed by atoms with Crippen LogP contribution < -0.4 is 9.47 Å². The predicted molar refractivity (Wildman–Crippen MR) is 132 cm³/mol. The molecule has 3 aromatic carbocycles. The molecular formula is C29H27O3+. The summed E-state index contributed by atoms with van der Waals surface area (Å²) in [5.41, 5.74) is 6.76. The number of aryl methyl sites for hydroxylation is 2. The summed E-state index contributed by atoms with van der Waals surface area (Å²) in [5.74, 6) is 3.00. The van der Waals surface area contributed by atoms with Gasteiger partial charge in [0.15, 0.2) is 11.5 Å².